The molecule has 1 heterocycles. The normalized spacial score (nSPS) is 27.2. The Morgan fingerprint density at radius 1 is 1.90 bits per heavy atom. The van der Waals surface area contributed by atoms with Crippen LogP contribution in [0.1, 0.15) is 14.2 Å². The van der Waals surface area contributed by atoms with Crippen LogP contribution in [0.3, 0.4) is 0 Å². The Bertz CT molecular complexity index is 142. The SMILES string of the molecule is O.[2H]CN1CCC[C@H]1C(=O)O. The Kier molecular flexibility index (Phi) is 2.65. The van der Waals surface area contributed by atoms with Gasteiger partial charge in [0.05, 0.1) is 0 Å². The van der Waals surface area contributed by atoms with Gasteiger partial charge in [-0.1, -0.05) is 0 Å². The maximum absolute atomic E-state index is 10.4. The molecule has 0 aliphatic carbocycles. The molecule has 0 spiro atoms. The number of aliphatic carboxylic acids is 1. The van der Waals surface area contributed by atoms with E-state index in [1.807, 2.05) is 0 Å². The fourth-order valence-electron chi connectivity index (χ4n) is 1.11. The second kappa shape index (κ2) is 3.53. The minimum atomic E-state index is -0.787. The van der Waals surface area contributed by atoms with Gasteiger partial charge in [0.1, 0.15) is 6.04 Å². The van der Waals surface area contributed by atoms with Gasteiger partial charge in [-0.2, -0.15) is 0 Å². The molecule has 1 saturated heterocycles. The van der Waals surface area contributed by atoms with Crippen molar-refractivity contribution >= 4 is 5.97 Å². The zero-order valence-electron chi connectivity index (χ0n) is 6.71. The second-order valence-electron chi connectivity index (χ2n) is 2.31. The number of hydrogen-bond donors (Lipinski definition) is 1. The smallest absolute Gasteiger partial charge is 0.320 e. The van der Waals surface area contributed by atoms with Gasteiger partial charge in [0, 0.05) is 1.37 Å². The van der Waals surface area contributed by atoms with Crippen molar-refractivity contribution in [3.05, 3.63) is 0 Å². The highest BCUT2D eigenvalue weighted by Gasteiger charge is 2.26. The van der Waals surface area contributed by atoms with E-state index in [-0.39, 0.29) is 12.5 Å². The van der Waals surface area contributed by atoms with E-state index in [9.17, 15) is 4.79 Å². The first-order valence-corrected chi connectivity index (χ1v) is 3.02. The molecule has 0 bridgehead atoms. The molecular weight excluding hydrogens is 134 g/mol. The van der Waals surface area contributed by atoms with Crippen molar-refractivity contribution in [1.29, 1.82) is 0 Å². The van der Waals surface area contributed by atoms with Gasteiger partial charge in [-0.15, -0.1) is 0 Å². The van der Waals surface area contributed by atoms with E-state index in [1.165, 1.54) is 0 Å². The van der Waals surface area contributed by atoms with E-state index in [0.717, 1.165) is 13.0 Å². The fourth-order valence-corrected chi connectivity index (χ4v) is 1.11. The Morgan fingerprint density at radius 2 is 2.60 bits per heavy atom. The molecule has 0 saturated carbocycles. The summed E-state index contributed by atoms with van der Waals surface area (Å²) >= 11 is 0. The first kappa shape index (κ1) is 7.50. The first-order valence-electron chi connectivity index (χ1n) is 3.72. The summed E-state index contributed by atoms with van der Waals surface area (Å²) in [6.45, 7) is 0.764. The Labute approximate surface area is 61.2 Å². The Balaban J connectivity index is 0.000001000. The third-order valence-electron chi connectivity index (χ3n) is 1.65. The minimum absolute atomic E-state index is 0. The van der Waals surface area contributed by atoms with Crippen LogP contribution < -0.4 is 0 Å². The molecule has 0 aromatic rings. The molecule has 0 aromatic carbocycles. The third kappa shape index (κ3) is 1.68. The van der Waals surface area contributed by atoms with Crippen molar-refractivity contribution in [1.82, 2.24) is 4.90 Å². The largest absolute Gasteiger partial charge is 0.480 e. The average molecular weight is 148 g/mol. The summed E-state index contributed by atoms with van der Waals surface area (Å²) in [5, 5.41) is 8.59. The summed E-state index contributed by atoms with van der Waals surface area (Å²) in [6, 6.07) is -0.391. The highest BCUT2D eigenvalue weighted by molar-refractivity contribution is 5.73. The summed E-state index contributed by atoms with van der Waals surface area (Å²) < 4.78 is 6.99. The van der Waals surface area contributed by atoms with Crippen molar-refractivity contribution in [2.75, 3.05) is 13.6 Å². The van der Waals surface area contributed by atoms with E-state index in [0.29, 0.717) is 6.42 Å². The van der Waals surface area contributed by atoms with Gasteiger partial charge in [0.2, 0.25) is 0 Å². The number of nitrogens with zero attached hydrogens (tertiary/aromatic N) is 1. The van der Waals surface area contributed by atoms with Gasteiger partial charge >= 0.3 is 5.97 Å². The molecule has 0 aromatic heterocycles. The number of likely N-dealkylation sites (N-methyl/N-ethyl adjacent to an activating group) is 1. The number of likely N-dealkylation sites (tertiary alicyclic amines) is 1. The second-order valence-corrected chi connectivity index (χ2v) is 2.31. The van der Waals surface area contributed by atoms with Crippen LogP contribution in [0, 0.1) is 0 Å². The van der Waals surface area contributed by atoms with E-state index < -0.39 is 12.0 Å². The van der Waals surface area contributed by atoms with Gasteiger partial charge in [-0.05, 0) is 26.4 Å². The molecule has 1 fully saturated rings. The lowest BCUT2D eigenvalue weighted by molar-refractivity contribution is -0.141. The maximum Gasteiger partial charge on any atom is 0.320 e. The van der Waals surface area contributed by atoms with Crippen LogP contribution in [-0.4, -0.2) is 41.1 Å². The van der Waals surface area contributed by atoms with Crippen molar-refractivity contribution < 1.29 is 16.7 Å². The molecule has 0 unspecified atom stereocenters. The van der Waals surface area contributed by atoms with Crippen molar-refractivity contribution in [3.63, 3.8) is 0 Å². The number of hydrogen-bond acceptors (Lipinski definition) is 2. The van der Waals surface area contributed by atoms with Crippen LogP contribution in [0.2, 0.25) is 0 Å². The third-order valence-corrected chi connectivity index (χ3v) is 1.65. The summed E-state index contributed by atoms with van der Waals surface area (Å²) in [5.74, 6) is -0.787. The molecule has 60 valence electrons. The van der Waals surface area contributed by atoms with Gasteiger partial charge in [-0.3, -0.25) is 9.69 Å². The number of carboxylic acid groups (broad SMARTS) is 1. The molecular formula is C6H13NO3. The predicted molar refractivity (Wildman–Crippen MR) is 36.9 cm³/mol. The van der Waals surface area contributed by atoms with Gasteiger partial charge in [0.25, 0.3) is 0 Å². The van der Waals surface area contributed by atoms with E-state index >= 15 is 0 Å². The summed E-state index contributed by atoms with van der Waals surface area (Å²) in [6.07, 6.45) is 1.62. The zero-order valence-corrected chi connectivity index (χ0v) is 5.71. The van der Waals surface area contributed by atoms with E-state index in [2.05, 4.69) is 0 Å². The van der Waals surface area contributed by atoms with Crippen LogP contribution in [-0.2, 0) is 4.79 Å². The van der Waals surface area contributed by atoms with Crippen LogP contribution in [0.25, 0.3) is 0 Å². The Morgan fingerprint density at radius 3 is 3.00 bits per heavy atom. The summed E-state index contributed by atoms with van der Waals surface area (Å²) in [4.78, 5) is 12.1. The highest BCUT2D eigenvalue weighted by Crippen LogP contribution is 2.13. The molecule has 4 nitrogen and oxygen atoms in total. The summed E-state index contributed by atoms with van der Waals surface area (Å²) in [7, 11) is 0.108. The molecule has 3 N–H and O–H groups in total. The molecule has 1 aliphatic rings. The van der Waals surface area contributed by atoms with Crippen LogP contribution in [0.4, 0.5) is 0 Å². The van der Waals surface area contributed by atoms with Gasteiger partial charge in [-0.25, -0.2) is 0 Å². The lowest BCUT2D eigenvalue weighted by atomic mass is 10.2. The lowest BCUT2D eigenvalue weighted by Gasteiger charge is -2.13. The molecule has 4 heteroatoms. The standard InChI is InChI=1S/C6H11NO2.H2O/c1-7-4-2-3-5(7)6(8)9;/h5H,2-4H2,1H3,(H,8,9);1H2/t5-;/m0./s1/i1D;. The van der Waals surface area contributed by atoms with E-state index in [1.54, 1.807) is 4.90 Å². The molecule has 0 radical (unpaired) electrons. The average Bonchev–Trinajstić information content (AvgIpc) is 2.33. The highest BCUT2D eigenvalue weighted by atomic mass is 16.4. The molecule has 1 atom stereocenters. The predicted octanol–water partition coefficient (Wildman–Crippen LogP) is -0.660. The van der Waals surface area contributed by atoms with Crippen molar-refractivity contribution in [2.45, 2.75) is 18.9 Å². The van der Waals surface area contributed by atoms with Crippen molar-refractivity contribution in [3.8, 4) is 0 Å². The number of carbonyl (C=O) groups is 1. The van der Waals surface area contributed by atoms with Crippen LogP contribution in [0.15, 0.2) is 0 Å². The molecule has 1 rings (SSSR count). The van der Waals surface area contributed by atoms with Crippen LogP contribution >= 0.6 is 0 Å². The minimum Gasteiger partial charge on any atom is -0.480 e. The fraction of sp³-hybridized carbons (Fsp3) is 0.833. The Hall–Kier alpha value is -0.610. The van der Waals surface area contributed by atoms with Gasteiger partial charge in [0.15, 0.2) is 0 Å². The van der Waals surface area contributed by atoms with Gasteiger partial charge < -0.3 is 10.6 Å². The molecule has 10 heavy (non-hydrogen) atoms. The van der Waals surface area contributed by atoms with E-state index in [4.69, 9.17) is 6.48 Å². The molecule has 0 amide bonds. The monoisotopic (exact) mass is 148 g/mol. The van der Waals surface area contributed by atoms with Crippen molar-refractivity contribution in [2.24, 2.45) is 0 Å². The maximum atomic E-state index is 10.4. The number of carboxylic acids is 1. The quantitative estimate of drug-likeness (QED) is 0.536. The topological polar surface area (TPSA) is 72.0 Å². The first-order chi connectivity index (χ1) is 4.75. The lowest BCUT2D eigenvalue weighted by Crippen LogP contribution is -2.32. The zero-order chi connectivity index (χ0) is 7.56. The summed E-state index contributed by atoms with van der Waals surface area (Å²) in [5.41, 5.74) is 0. The van der Waals surface area contributed by atoms with Crippen LogP contribution in [0.5, 0.6) is 0 Å². The molecule has 1 aliphatic heterocycles. The number of rotatable bonds is 1.